The second-order valence-corrected chi connectivity index (χ2v) is 6.92. The smallest absolute Gasteiger partial charge is 0.0692 e. The van der Waals surface area contributed by atoms with Gasteiger partial charge in [-0.25, -0.2) is 0 Å². The third-order valence-corrected chi connectivity index (χ3v) is 5.19. The van der Waals surface area contributed by atoms with E-state index in [0.717, 1.165) is 25.7 Å². The van der Waals surface area contributed by atoms with Crippen molar-refractivity contribution in [3.8, 4) is 0 Å². The van der Waals surface area contributed by atoms with Crippen LogP contribution >= 0.6 is 45.2 Å². The molecule has 0 rings (SSSR count). The van der Waals surface area contributed by atoms with E-state index >= 15 is 0 Å². The van der Waals surface area contributed by atoms with Crippen molar-refractivity contribution < 1.29 is 4.74 Å². The fraction of sp³-hybridized carbons (Fsp3) is 1.00. The van der Waals surface area contributed by atoms with Gasteiger partial charge in [0.15, 0.2) is 0 Å². The molecule has 104 valence electrons. The van der Waals surface area contributed by atoms with Gasteiger partial charge in [-0.05, 0) is 38.5 Å². The highest BCUT2D eigenvalue weighted by Gasteiger charge is 2.37. The van der Waals surface area contributed by atoms with Gasteiger partial charge in [0, 0.05) is 8.86 Å². The molecule has 0 aromatic heterocycles. The summed E-state index contributed by atoms with van der Waals surface area (Å²) in [4.78, 5) is 0. The minimum Gasteiger partial charge on any atom is -0.369 e. The second kappa shape index (κ2) is 9.34. The highest BCUT2D eigenvalue weighted by Crippen LogP contribution is 2.36. The first kappa shape index (κ1) is 18.4. The maximum absolute atomic E-state index is 6.69. The third-order valence-electron chi connectivity index (χ3n) is 4.11. The highest BCUT2D eigenvalue weighted by atomic mass is 127. The van der Waals surface area contributed by atoms with Gasteiger partial charge in [0.25, 0.3) is 0 Å². The van der Waals surface area contributed by atoms with E-state index < -0.39 is 0 Å². The lowest BCUT2D eigenvalue weighted by Crippen LogP contribution is -2.44. The lowest BCUT2D eigenvalue weighted by molar-refractivity contribution is -0.166. The van der Waals surface area contributed by atoms with Gasteiger partial charge in [-0.1, -0.05) is 72.9 Å². The molecule has 3 heteroatoms. The summed E-state index contributed by atoms with van der Waals surface area (Å²) in [6.07, 6.45) is 6.91. The van der Waals surface area contributed by atoms with Gasteiger partial charge in [-0.2, -0.15) is 0 Å². The Labute approximate surface area is 135 Å². The van der Waals surface area contributed by atoms with Crippen molar-refractivity contribution in [3.05, 3.63) is 0 Å². The summed E-state index contributed by atoms with van der Waals surface area (Å²) in [5.74, 6) is 0. The number of hydrogen-bond acceptors (Lipinski definition) is 1. The van der Waals surface area contributed by atoms with Crippen molar-refractivity contribution >= 4 is 45.2 Å². The van der Waals surface area contributed by atoms with E-state index in [1.54, 1.807) is 0 Å². The van der Waals surface area contributed by atoms with Crippen LogP contribution in [0, 0.1) is 0 Å². The second-order valence-electron chi connectivity index (χ2n) is 4.76. The maximum atomic E-state index is 6.69. The Hall–Kier alpha value is 1.42. The van der Waals surface area contributed by atoms with Gasteiger partial charge in [-0.3, -0.25) is 0 Å². The number of rotatable bonds is 10. The van der Waals surface area contributed by atoms with Crippen molar-refractivity contribution in [1.29, 1.82) is 0 Å². The molecular weight excluding hydrogens is 438 g/mol. The van der Waals surface area contributed by atoms with Crippen LogP contribution in [0.1, 0.15) is 66.2 Å². The molecule has 0 saturated carbocycles. The van der Waals surface area contributed by atoms with Crippen LogP contribution in [-0.4, -0.2) is 20.1 Å². The molecule has 0 aliphatic heterocycles. The van der Waals surface area contributed by atoms with Crippen LogP contribution < -0.4 is 0 Å². The van der Waals surface area contributed by atoms with E-state index in [-0.39, 0.29) is 11.2 Å². The Bertz CT molecular complexity index is 167. The molecule has 0 unspecified atom stereocenters. The highest BCUT2D eigenvalue weighted by molar-refractivity contribution is 14.1. The molecular formula is C14H28I2O. The maximum Gasteiger partial charge on any atom is 0.0692 e. The first-order chi connectivity index (χ1) is 8.07. The molecule has 0 N–H and O–H groups in total. The molecule has 0 saturated heterocycles. The molecule has 0 amide bonds. The molecule has 0 radical (unpaired) electrons. The lowest BCUT2D eigenvalue weighted by Gasteiger charge is -2.43. The minimum absolute atomic E-state index is 0.110. The summed E-state index contributed by atoms with van der Waals surface area (Å²) >= 11 is 4.95. The zero-order valence-corrected chi connectivity index (χ0v) is 16.1. The van der Waals surface area contributed by atoms with E-state index in [9.17, 15) is 0 Å². The van der Waals surface area contributed by atoms with Crippen LogP contribution in [0.3, 0.4) is 0 Å². The predicted molar refractivity (Wildman–Crippen MR) is 94.7 cm³/mol. The van der Waals surface area contributed by atoms with Gasteiger partial charge in [0.2, 0.25) is 0 Å². The van der Waals surface area contributed by atoms with Gasteiger partial charge in [0.05, 0.1) is 11.2 Å². The van der Waals surface area contributed by atoms with Crippen LogP contribution in [0.5, 0.6) is 0 Å². The molecule has 0 spiro atoms. The molecule has 17 heavy (non-hydrogen) atoms. The minimum atomic E-state index is 0.110. The van der Waals surface area contributed by atoms with E-state index in [1.807, 2.05) is 0 Å². The fourth-order valence-electron chi connectivity index (χ4n) is 2.40. The van der Waals surface area contributed by atoms with Crippen LogP contribution in [0.2, 0.25) is 0 Å². The Morgan fingerprint density at radius 3 is 1.18 bits per heavy atom. The molecule has 0 bridgehead atoms. The van der Waals surface area contributed by atoms with Gasteiger partial charge in [0.1, 0.15) is 0 Å². The largest absolute Gasteiger partial charge is 0.369 e. The van der Waals surface area contributed by atoms with Crippen molar-refractivity contribution in [2.45, 2.75) is 77.4 Å². The quantitative estimate of drug-likeness (QED) is 0.294. The lowest BCUT2D eigenvalue weighted by atomic mass is 9.88. The topological polar surface area (TPSA) is 9.23 Å². The molecule has 0 aliphatic carbocycles. The molecule has 0 atom stereocenters. The molecule has 0 aromatic carbocycles. The summed E-state index contributed by atoms with van der Waals surface area (Å²) in [6.45, 7) is 9.09. The number of hydrogen-bond donors (Lipinski definition) is 0. The summed E-state index contributed by atoms with van der Waals surface area (Å²) in [5, 5.41) is 0. The number of halogens is 2. The zero-order chi connectivity index (χ0) is 13.4. The average Bonchev–Trinajstić information content (AvgIpc) is 2.37. The van der Waals surface area contributed by atoms with Crippen molar-refractivity contribution in [3.63, 3.8) is 0 Å². The SMILES string of the molecule is CCC(CC)(CCI)OC(CC)(CC)CCI. The zero-order valence-electron chi connectivity index (χ0n) is 11.8. The molecule has 0 fully saturated rings. The van der Waals surface area contributed by atoms with E-state index in [2.05, 4.69) is 72.9 Å². The molecule has 0 heterocycles. The number of ether oxygens (including phenoxy) is 1. The fourth-order valence-corrected chi connectivity index (χ4v) is 4.37. The summed E-state index contributed by atoms with van der Waals surface area (Å²) in [6, 6.07) is 0. The van der Waals surface area contributed by atoms with Crippen LogP contribution in [0.25, 0.3) is 0 Å². The van der Waals surface area contributed by atoms with Crippen molar-refractivity contribution in [2.75, 3.05) is 8.86 Å². The average molecular weight is 466 g/mol. The van der Waals surface area contributed by atoms with Crippen LogP contribution in [-0.2, 0) is 4.74 Å². The van der Waals surface area contributed by atoms with E-state index in [0.29, 0.717) is 0 Å². The Kier molecular flexibility index (Phi) is 10.1. The van der Waals surface area contributed by atoms with Crippen molar-refractivity contribution in [2.24, 2.45) is 0 Å². The van der Waals surface area contributed by atoms with Crippen LogP contribution in [0.4, 0.5) is 0 Å². The summed E-state index contributed by atoms with van der Waals surface area (Å²) < 4.78 is 9.07. The summed E-state index contributed by atoms with van der Waals surface area (Å²) in [5.41, 5.74) is 0.220. The Morgan fingerprint density at radius 2 is 1.00 bits per heavy atom. The van der Waals surface area contributed by atoms with Crippen LogP contribution in [0.15, 0.2) is 0 Å². The first-order valence-corrected chi connectivity index (χ1v) is 9.94. The van der Waals surface area contributed by atoms with Gasteiger partial charge in [-0.15, -0.1) is 0 Å². The Balaban J connectivity index is 4.89. The molecule has 0 aliphatic rings. The number of alkyl halides is 2. The van der Waals surface area contributed by atoms with E-state index in [4.69, 9.17) is 4.74 Å². The predicted octanol–water partition coefficient (Wildman–Crippen LogP) is 5.77. The van der Waals surface area contributed by atoms with E-state index in [1.165, 1.54) is 21.7 Å². The van der Waals surface area contributed by atoms with Crippen molar-refractivity contribution in [1.82, 2.24) is 0 Å². The first-order valence-electron chi connectivity index (χ1n) is 6.89. The monoisotopic (exact) mass is 466 g/mol. The van der Waals surface area contributed by atoms with Gasteiger partial charge >= 0.3 is 0 Å². The van der Waals surface area contributed by atoms with Gasteiger partial charge < -0.3 is 4.74 Å². The third kappa shape index (κ3) is 5.51. The Morgan fingerprint density at radius 1 is 0.706 bits per heavy atom. The standard InChI is InChI=1S/C14H28I2O/c1-5-13(6-2,9-11-15)17-14(7-3,8-4)10-12-16/h5-12H2,1-4H3. The summed E-state index contributed by atoms with van der Waals surface area (Å²) in [7, 11) is 0. The molecule has 0 aromatic rings. The normalized spacial score (nSPS) is 13.1. The molecule has 1 nitrogen and oxygen atoms in total.